The topological polar surface area (TPSA) is 78.2 Å². The molecule has 2 aliphatic rings. The SMILES string of the molecule is OC(Nc1cn2cc(-c3c(C4CC4)ccc4[nH]ncc34)ccc2n1)C1CC1. The Bertz CT molecular complexity index is 1150. The summed E-state index contributed by atoms with van der Waals surface area (Å²) < 4.78 is 2.03. The van der Waals surface area contributed by atoms with Crippen molar-refractivity contribution in [3.8, 4) is 11.1 Å². The molecule has 3 N–H and O–H groups in total. The highest BCUT2D eigenvalue weighted by Gasteiger charge is 2.30. The van der Waals surface area contributed by atoms with E-state index >= 15 is 0 Å². The quantitative estimate of drug-likeness (QED) is 0.472. The van der Waals surface area contributed by atoms with E-state index in [0.29, 0.717) is 11.8 Å². The molecule has 6 heteroatoms. The van der Waals surface area contributed by atoms with E-state index in [4.69, 9.17) is 0 Å². The normalized spacial score (nSPS) is 18.3. The lowest BCUT2D eigenvalue weighted by Crippen LogP contribution is -2.20. The van der Waals surface area contributed by atoms with E-state index in [1.165, 1.54) is 34.9 Å². The molecule has 2 saturated carbocycles. The van der Waals surface area contributed by atoms with Gasteiger partial charge in [-0.3, -0.25) is 5.10 Å². The van der Waals surface area contributed by atoms with Crippen LogP contribution in [0.3, 0.4) is 0 Å². The summed E-state index contributed by atoms with van der Waals surface area (Å²) in [4.78, 5) is 4.59. The first-order valence-corrected chi connectivity index (χ1v) is 9.66. The molecule has 136 valence electrons. The van der Waals surface area contributed by atoms with Gasteiger partial charge in [0.1, 0.15) is 17.7 Å². The number of pyridine rings is 1. The van der Waals surface area contributed by atoms with E-state index in [9.17, 15) is 5.11 Å². The van der Waals surface area contributed by atoms with Gasteiger partial charge >= 0.3 is 0 Å². The Hall–Kier alpha value is -2.86. The first-order valence-electron chi connectivity index (χ1n) is 9.66. The second kappa shape index (κ2) is 5.57. The predicted molar refractivity (Wildman–Crippen MR) is 105 cm³/mol. The maximum absolute atomic E-state index is 10.1. The van der Waals surface area contributed by atoms with Crippen molar-refractivity contribution in [1.29, 1.82) is 0 Å². The summed E-state index contributed by atoms with van der Waals surface area (Å²) in [5, 5.41) is 21.8. The summed E-state index contributed by atoms with van der Waals surface area (Å²) in [5.41, 5.74) is 5.78. The van der Waals surface area contributed by atoms with E-state index in [1.54, 1.807) is 0 Å². The van der Waals surface area contributed by atoms with E-state index in [0.717, 1.165) is 29.8 Å². The number of nitrogens with one attached hydrogen (secondary N) is 2. The molecule has 0 radical (unpaired) electrons. The van der Waals surface area contributed by atoms with Gasteiger partial charge in [-0.2, -0.15) is 5.10 Å². The van der Waals surface area contributed by atoms with Crippen molar-refractivity contribution in [3.05, 3.63) is 48.4 Å². The molecule has 6 rings (SSSR count). The zero-order valence-electron chi connectivity index (χ0n) is 14.9. The number of nitrogens with zero attached hydrogens (tertiary/aromatic N) is 3. The van der Waals surface area contributed by atoms with Crippen molar-refractivity contribution >= 4 is 22.4 Å². The smallest absolute Gasteiger partial charge is 0.147 e. The Morgan fingerprint density at radius 2 is 2.00 bits per heavy atom. The molecule has 0 spiro atoms. The van der Waals surface area contributed by atoms with Crippen molar-refractivity contribution in [2.75, 3.05) is 5.32 Å². The highest BCUT2D eigenvalue weighted by molar-refractivity contribution is 5.96. The first-order chi connectivity index (χ1) is 13.3. The lowest BCUT2D eigenvalue weighted by atomic mass is 9.94. The number of aromatic amines is 1. The number of aliphatic hydroxyl groups is 1. The highest BCUT2D eigenvalue weighted by Crippen LogP contribution is 2.46. The van der Waals surface area contributed by atoms with Crippen LogP contribution in [-0.4, -0.2) is 30.9 Å². The van der Waals surface area contributed by atoms with E-state index < -0.39 is 6.23 Å². The van der Waals surface area contributed by atoms with Crippen molar-refractivity contribution < 1.29 is 5.11 Å². The van der Waals surface area contributed by atoms with Gasteiger partial charge in [0.05, 0.1) is 17.9 Å². The van der Waals surface area contributed by atoms with Gasteiger partial charge in [-0.15, -0.1) is 0 Å². The third-order valence-electron chi connectivity index (χ3n) is 5.78. The molecule has 2 fully saturated rings. The van der Waals surface area contributed by atoms with Crippen molar-refractivity contribution in [2.45, 2.75) is 37.8 Å². The van der Waals surface area contributed by atoms with Crippen LogP contribution >= 0.6 is 0 Å². The number of imidazole rings is 1. The lowest BCUT2D eigenvalue weighted by molar-refractivity contribution is 0.179. The summed E-state index contributed by atoms with van der Waals surface area (Å²) >= 11 is 0. The van der Waals surface area contributed by atoms with E-state index in [2.05, 4.69) is 44.9 Å². The molecule has 4 aromatic rings. The Kier molecular flexibility index (Phi) is 3.14. The fourth-order valence-corrected chi connectivity index (χ4v) is 3.98. The van der Waals surface area contributed by atoms with Crippen LogP contribution in [0.25, 0.3) is 27.7 Å². The monoisotopic (exact) mass is 359 g/mol. The van der Waals surface area contributed by atoms with Crippen LogP contribution in [-0.2, 0) is 0 Å². The molecular weight excluding hydrogens is 338 g/mol. The molecule has 6 nitrogen and oxygen atoms in total. The second-order valence-electron chi connectivity index (χ2n) is 7.87. The number of aromatic nitrogens is 4. The highest BCUT2D eigenvalue weighted by atomic mass is 16.3. The van der Waals surface area contributed by atoms with Gasteiger partial charge in [0.2, 0.25) is 0 Å². The van der Waals surface area contributed by atoms with Gasteiger partial charge in [0.25, 0.3) is 0 Å². The number of hydrogen-bond acceptors (Lipinski definition) is 4. The summed E-state index contributed by atoms with van der Waals surface area (Å²) in [6.45, 7) is 0. The molecule has 0 bridgehead atoms. The zero-order chi connectivity index (χ0) is 18.0. The molecule has 1 aromatic carbocycles. The van der Waals surface area contributed by atoms with Crippen molar-refractivity contribution in [3.63, 3.8) is 0 Å². The summed E-state index contributed by atoms with van der Waals surface area (Å²) in [5.74, 6) is 1.74. The molecular formula is C21H21N5O. The van der Waals surface area contributed by atoms with E-state index in [1.807, 2.05) is 22.9 Å². The van der Waals surface area contributed by atoms with Crippen LogP contribution in [0, 0.1) is 5.92 Å². The second-order valence-corrected chi connectivity index (χ2v) is 7.87. The summed E-state index contributed by atoms with van der Waals surface area (Å²) in [7, 11) is 0. The molecule has 3 aromatic heterocycles. The van der Waals surface area contributed by atoms with Gasteiger partial charge in [0.15, 0.2) is 0 Å². The number of aliphatic hydroxyl groups excluding tert-OH is 1. The summed E-state index contributed by atoms with van der Waals surface area (Å²) in [6.07, 6.45) is 10.2. The Labute approximate surface area is 156 Å². The fourth-order valence-electron chi connectivity index (χ4n) is 3.98. The van der Waals surface area contributed by atoms with Crippen LogP contribution in [0.2, 0.25) is 0 Å². The molecule has 0 amide bonds. The van der Waals surface area contributed by atoms with Gasteiger partial charge < -0.3 is 14.8 Å². The Morgan fingerprint density at radius 3 is 2.81 bits per heavy atom. The maximum Gasteiger partial charge on any atom is 0.147 e. The largest absolute Gasteiger partial charge is 0.373 e. The molecule has 3 heterocycles. The van der Waals surface area contributed by atoms with Gasteiger partial charge in [-0.25, -0.2) is 4.98 Å². The fraction of sp³-hybridized carbons (Fsp3) is 0.333. The van der Waals surface area contributed by atoms with Crippen molar-refractivity contribution in [2.24, 2.45) is 5.92 Å². The average Bonchev–Trinajstić information content (AvgIpc) is 3.60. The van der Waals surface area contributed by atoms with Crippen LogP contribution in [0.15, 0.2) is 42.9 Å². The molecule has 1 atom stereocenters. The van der Waals surface area contributed by atoms with Gasteiger partial charge in [-0.05, 0) is 66.5 Å². The van der Waals surface area contributed by atoms with Crippen molar-refractivity contribution in [1.82, 2.24) is 19.6 Å². The molecule has 27 heavy (non-hydrogen) atoms. The molecule has 2 aliphatic carbocycles. The third kappa shape index (κ3) is 2.59. The minimum absolute atomic E-state index is 0.366. The Balaban J connectivity index is 1.45. The molecule has 0 aliphatic heterocycles. The van der Waals surface area contributed by atoms with Crippen LogP contribution in [0.4, 0.5) is 5.82 Å². The van der Waals surface area contributed by atoms with Crippen LogP contribution in [0.5, 0.6) is 0 Å². The minimum Gasteiger partial charge on any atom is -0.373 e. The number of hydrogen-bond donors (Lipinski definition) is 3. The van der Waals surface area contributed by atoms with E-state index in [-0.39, 0.29) is 0 Å². The molecule has 1 unspecified atom stereocenters. The van der Waals surface area contributed by atoms with Gasteiger partial charge in [-0.1, -0.05) is 6.07 Å². The molecule has 0 saturated heterocycles. The number of rotatable bonds is 5. The van der Waals surface area contributed by atoms with Gasteiger partial charge in [0, 0.05) is 17.5 Å². The average molecular weight is 359 g/mol. The zero-order valence-corrected chi connectivity index (χ0v) is 14.9. The number of benzene rings is 1. The number of anilines is 1. The van der Waals surface area contributed by atoms with Crippen LogP contribution in [0.1, 0.15) is 37.2 Å². The lowest BCUT2D eigenvalue weighted by Gasteiger charge is -2.11. The van der Waals surface area contributed by atoms with Crippen LogP contribution < -0.4 is 5.32 Å². The Morgan fingerprint density at radius 1 is 1.11 bits per heavy atom. The first kappa shape index (κ1) is 15.2. The summed E-state index contributed by atoms with van der Waals surface area (Å²) in [6, 6.07) is 8.55. The minimum atomic E-state index is -0.504. The number of H-pyrrole nitrogens is 1. The maximum atomic E-state index is 10.1. The third-order valence-corrected chi connectivity index (χ3v) is 5.78. The standard InChI is InChI=1S/C21H21N5O/c27-21(13-3-4-13)24-18-11-26-10-14(5-8-19(26)23-18)20-15(12-1-2-12)6-7-17-16(20)9-22-25-17/h5-13,21,24,27H,1-4H2,(H,22,25). The predicted octanol–water partition coefficient (Wildman–Crippen LogP) is 3.90. The number of fused-ring (bicyclic) bond motifs is 2.